The summed E-state index contributed by atoms with van der Waals surface area (Å²) < 4.78 is 5.36. The maximum absolute atomic E-state index is 5.36. The monoisotopic (exact) mass is 207 g/mol. The predicted molar refractivity (Wildman–Crippen MR) is 64.6 cm³/mol. The molecule has 1 rings (SSSR count). The third kappa shape index (κ3) is 3.56. The molecule has 0 fully saturated rings. The lowest BCUT2D eigenvalue weighted by Gasteiger charge is -2.13. The smallest absolute Gasteiger partial charge is 0.122 e. The van der Waals surface area contributed by atoms with E-state index < -0.39 is 0 Å². The fourth-order valence-electron chi connectivity index (χ4n) is 1.59. The van der Waals surface area contributed by atoms with Crippen molar-refractivity contribution in [3.63, 3.8) is 0 Å². The first-order valence-electron chi connectivity index (χ1n) is 5.48. The molecule has 0 atom stereocenters. The summed E-state index contributed by atoms with van der Waals surface area (Å²) in [6.45, 7) is 3.24. The molecule has 0 N–H and O–H groups in total. The van der Waals surface area contributed by atoms with Crippen LogP contribution in [-0.4, -0.2) is 32.6 Å². The van der Waals surface area contributed by atoms with Crippen molar-refractivity contribution < 1.29 is 4.74 Å². The fourth-order valence-corrected chi connectivity index (χ4v) is 1.59. The van der Waals surface area contributed by atoms with Crippen LogP contribution in [0.1, 0.15) is 18.1 Å². The van der Waals surface area contributed by atoms with E-state index in [9.17, 15) is 0 Å². The maximum atomic E-state index is 5.36. The van der Waals surface area contributed by atoms with Crippen molar-refractivity contribution in [2.45, 2.75) is 19.8 Å². The summed E-state index contributed by atoms with van der Waals surface area (Å²) in [5.74, 6) is 1.01. The van der Waals surface area contributed by atoms with Crippen LogP contribution < -0.4 is 4.74 Å². The zero-order valence-electron chi connectivity index (χ0n) is 10.2. The molecule has 1 aromatic carbocycles. The summed E-state index contributed by atoms with van der Waals surface area (Å²) in [7, 11) is 5.92. The molecule has 0 aliphatic heterocycles. The van der Waals surface area contributed by atoms with Gasteiger partial charge in [-0.05, 0) is 44.1 Å². The molecule has 0 saturated heterocycles. The third-order valence-electron chi connectivity index (χ3n) is 2.58. The van der Waals surface area contributed by atoms with Gasteiger partial charge in [0.05, 0.1) is 7.11 Å². The molecule has 0 spiro atoms. The van der Waals surface area contributed by atoms with Gasteiger partial charge < -0.3 is 9.64 Å². The molecule has 84 valence electrons. The largest absolute Gasteiger partial charge is 0.496 e. The van der Waals surface area contributed by atoms with Crippen molar-refractivity contribution in [1.29, 1.82) is 0 Å². The summed E-state index contributed by atoms with van der Waals surface area (Å²) in [5, 5.41) is 0. The Balaban J connectivity index is 2.81. The normalized spacial score (nSPS) is 10.7. The van der Waals surface area contributed by atoms with E-state index in [2.05, 4.69) is 44.1 Å². The second-order valence-corrected chi connectivity index (χ2v) is 4.05. The van der Waals surface area contributed by atoms with E-state index in [1.807, 2.05) is 0 Å². The van der Waals surface area contributed by atoms with Crippen molar-refractivity contribution >= 4 is 0 Å². The molecule has 0 radical (unpaired) electrons. The Bertz CT molecular complexity index is 307. The highest BCUT2D eigenvalue weighted by molar-refractivity contribution is 5.37. The van der Waals surface area contributed by atoms with Crippen LogP contribution in [0.2, 0.25) is 0 Å². The number of benzene rings is 1. The van der Waals surface area contributed by atoms with Gasteiger partial charge in [-0.15, -0.1) is 0 Å². The number of likely N-dealkylation sites (N-methyl/N-ethyl adjacent to an activating group) is 1. The van der Waals surface area contributed by atoms with Crippen molar-refractivity contribution in [2.75, 3.05) is 27.7 Å². The van der Waals surface area contributed by atoms with Crippen molar-refractivity contribution in [1.82, 2.24) is 4.90 Å². The topological polar surface area (TPSA) is 12.5 Å². The predicted octanol–water partition coefficient (Wildman–Crippen LogP) is 2.36. The van der Waals surface area contributed by atoms with E-state index in [0.717, 1.165) is 25.1 Å². The Morgan fingerprint density at radius 1 is 1.27 bits per heavy atom. The fraction of sp³-hybridized carbons (Fsp3) is 0.538. The average Bonchev–Trinajstić information content (AvgIpc) is 2.25. The first-order chi connectivity index (χ1) is 7.17. The van der Waals surface area contributed by atoms with Crippen LogP contribution in [0.4, 0.5) is 0 Å². The molecule has 0 unspecified atom stereocenters. The summed E-state index contributed by atoms with van der Waals surface area (Å²) >= 11 is 0. The van der Waals surface area contributed by atoms with E-state index in [1.165, 1.54) is 11.1 Å². The lowest BCUT2D eigenvalue weighted by Crippen LogP contribution is -2.15. The standard InChI is InChI=1S/C13H21NO/c1-5-11-6-7-13(15-4)12(10-11)8-9-14(2)3/h6-7,10H,5,8-9H2,1-4H3. The number of ether oxygens (including phenoxy) is 1. The van der Waals surface area contributed by atoms with Crippen LogP contribution >= 0.6 is 0 Å². The Labute approximate surface area is 92.9 Å². The number of aryl methyl sites for hydroxylation is 1. The molecule has 0 heterocycles. The lowest BCUT2D eigenvalue weighted by molar-refractivity contribution is 0.392. The first-order valence-corrected chi connectivity index (χ1v) is 5.48. The molecule has 2 heteroatoms. The average molecular weight is 207 g/mol. The van der Waals surface area contributed by atoms with Crippen LogP contribution in [0.5, 0.6) is 5.75 Å². The summed E-state index contributed by atoms with van der Waals surface area (Å²) in [4.78, 5) is 2.19. The molecule has 15 heavy (non-hydrogen) atoms. The summed E-state index contributed by atoms with van der Waals surface area (Å²) in [5.41, 5.74) is 2.69. The summed E-state index contributed by atoms with van der Waals surface area (Å²) in [6, 6.07) is 6.46. The molecule has 2 nitrogen and oxygen atoms in total. The van der Waals surface area contributed by atoms with Crippen LogP contribution in [0.3, 0.4) is 0 Å². The van der Waals surface area contributed by atoms with Gasteiger partial charge in [0.1, 0.15) is 5.75 Å². The van der Waals surface area contributed by atoms with Gasteiger partial charge in [0, 0.05) is 6.54 Å². The zero-order valence-corrected chi connectivity index (χ0v) is 10.2. The quantitative estimate of drug-likeness (QED) is 0.735. The Hall–Kier alpha value is -1.02. The van der Waals surface area contributed by atoms with E-state index >= 15 is 0 Å². The van der Waals surface area contributed by atoms with Gasteiger partial charge in [0.15, 0.2) is 0 Å². The second-order valence-electron chi connectivity index (χ2n) is 4.05. The number of nitrogens with zero attached hydrogens (tertiary/aromatic N) is 1. The molecule has 0 aliphatic rings. The van der Waals surface area contributed by atoms with Crippen molar-refractivity contribution in [3.05, 3.63) is 29.3 Å². The number of hydrogen-bond acceptors (Lipinski definition) is 2. The van der Waals surface area contributed by atoms with Gasteiger partial charge in [-0.2, -0.15) is 0 Å². The molecule has 0 bridgehead atoms. The van der Waals surface area contributed by atoms with Gasteiger partial charge >= 0.3 is 0 Å². The molecule has 0 aromatic heterocycles. The minimum Gasteiger partial charge on any atom is -0.496 e. The van der Waals surface area contributed by atoms with Gasteiger partial charge in [0.25, 0.3) is 0 Å². The van der Waals surface area contributed by atoms with E-state index in [4.69, 9.17) is 4.74 Å². The minimum absolute atomic E-state index is 1.01. The Kier molecular flexibility index (Phi) is 4.63. The van der Waals surface area contributed by atoms with Crippen molar-refractivity contribution in [2.24, 2.45) is 0 Å². The van der Waals surface area contributed by atoms with Crippen LogP contribution in [0.15, 0.2) is 18.2 Å². The first kappa shape index (κ1) is 12.1. The molecular formula is C13H21NO. The van der Waals surface area contributed by atoms with E-state index in [0.29, 0.717) is 0 Å². The minimum atomic E-state index is 1.01. The van der Waals surface area contributed by atoms with E-state index in [1.54, 1.807) is 7.11 Å². The number of methoxy groups -OCH3 is 1. The third-order valence-corrected chi connectivity index (χ3v) is 2.58. The van der Waals surface area contributed by atoms with Gasteiger partial charge in [0.2, 0.25) is 0 Å². The highest BCUT2D eigenvalue weighted by Gasteiger charge is 2.04. The van der Waals surface area contributed by atoms with Gasteiger partial charge in [-0.3, -0.25) is 0 Å². The Morgan fingerprint density at radius 3 is 2.53 bits per heavy atom. The highest BCUT2D eigenvalue weighted by Crippen LogP contribution is 2.20. The second kappa shape index (κ2) is 5.76. The van der Waals surface area contributed by atoms with Crippen LogP contribution in [0, 0.1) is 0 Å². The molecule has 0 amide bonds. The van der Waals surface area contributed by atoms with Gasteiger partial charge in [-0.25, -0.2) is 0 Å². The van der Waals surface area contributed by atoms with Crippen LogP contribution in [0.25, 0.3) is 0 Å². The number of rotatable bonds is 5. The zero-order chi connectivity index (χ0) is 11.3. The summed E-state index contributed by atoms with van der Waals surface area (Å²) in [6.07, 6.45) is 2.13. The van der Waals surface area contributed by atoms with Crippen LogP contribution in [-0.2, 0) is 12.8 Å². The van der Waals surface area contributed by atoms with E-state index in [-0.39, 0.29) is 0 Å². The SMILES string of the molecule is CCc1ccc(OC)c(CCN(C)C)c1. The maximum Gasteiger partial charge on any atom is 0.122 e. The molecule has 1 aromatic rings. The molecule has 0 aliphatic carbocycles. The molecular weight excluding hydrogens is 186 g/mol. The van der Waals surface area contributed by atoms with Crippen molar-refractivity contribution in [3.8, 4) is 5.75 Å². The Morgan fingerprint density at radius 2 is 2.00 bits per heavy atom. The highest BCUT2D eigenvalue weighted by atomic mass is 16.5. The molecule has 0 saturated carbocycles. The number of hydrogen-bond donors (Lipinski definition) is 0. The van der Waals surface area contributed by atoms with Gasteiger partial charge in [-0.1, -0.05) is 19.1 Å². The lowest BCUT2D eigenvalue weighted by atomic mass is 10.1.